The van der Waals surface area contributed by atoms with E-state index >= 15 is 0 Å². The van der Waals surface area contributed by atoms with Gasteiger partial charge in [0.05, 0.1) is 7.11 Å². The van der Waals surface area contributed by atoms with Gasteiger partial charge in [-0.05, 0) is 18.2 Å². The second-order valence-corrected chi connectivity index (χ2v) is 3.77. The van der Waals surface area contributed by atoms with Crippen LogP contribution in [0, 0.1) is 0 Å². The quantitative estimate of drug-likeness (QED) is 0.649. The highest BCUT2D eigenvalue weighted by molar-refractivity contribution is 5.94. The van der Waals surface area contributed by atoms with Crippen LogP contribution in [-0.4, -0.2) is 44.1 Å². The third-order valence-electron chi connectivity index (χ3n) is 2.72. The van der Waals surface area contributed by atoms with Crippen LogP contribution in [0.4, 0.5) is 0 Å². The van der Waals surface area contributed by atoms with E-state index in [9.17, 15) is 4.79 Å². The minimum Gasteiger partial charge on any atom is -1.00 e. The first-order valence-corrected chi connectivity index (χ1v) is 5.45. The number of hydrogen-bond donors (Lipinski definition) is 1. The van der Waals surface area contributed by atoms with Crippen LogP contribution in [0.1, 0.15) is 10.4 Å². The zero-order chi connectivity index (χ0) is 11.4. The highest BCUT2D eigenvalue weighted by atomic mass is 35.5. The van der Waals surface area contributed by atoms with Crippen LogP contribution in [0.3, 0.4) is 0 Å². The number of amides is 1. The number of nitrogens with zero attached hydrogens (tertiary/aromatic N) is 1. The van der Waals surface area contributed by atoms with Crippen LogP contribution in [0.5, 0.6) is 5.75 Å². The zero-order valence-corrected chi connectivity index (χ0v) is 10.5. The van der Waals surface area contributed by atoms with Gasteiger partial charge in [-0.15, -0.1) is 0 Å². The molecule has 0 bridgehead atoms. The van der Waals surface area contributed by atoms with Crippen LogP contribution in [-0.2, 0) is 0 Å². The first kappa shape index (κ1) is 13.8. The number of piperazine rings is 1. The molecule has 1 N–H and O–H groups in total. The van der Waals surface area contributed by atoms with Gasteiger partial charge in [-0.25, -0.2) is 0 Å². The number of methoxy groups -OCH3 is 1. The molecule has 0 spiro atoms. The minimum atomic E-state index is 0. The monoisotopic (exact) mass is 255 g/mol. The second-order valence-electron chi connectivity index (χ2n) is 3.77. The molecule has 0 aliphatic carbocycles. The van der Waals surface area contributed by atoms with Gasteiger partial charge in [0.2, 0.25) is 0 Å². The van der Waals surface area contributed by atoms with Crippen LogP contribution in [0.15, 0.2) is 24.3 Å². The summed E-state index contributed by atoms with van der Waals surface area (Å²) in [5.74, 6) is 0.807. The summed E-state index contributed by atoms with van der Waals surface area (Å²) in [6.45, 7) is 3.29. The van der Waals surface area contributed by atoms with E-state index in [2.05, 4.69) is 5.32 Å². The lowest BCUT2D eigenvalue weighted by Gasteiger charge is -2.27. The van der Waals surface area contributed by atoms with Gasteiger partial charge >= 0.3 is 0 Å². The fraction of sp³-hybridized carbons (Fsp3) is 0.417. The van der Waals surface area contributed by atoms with Crippen molar-refractivity contribution in [3.05, 3.63) is 29.8 Å². The predicted molar refractivity (Wildman–Crippen MR) is 61.8 cm³/mol. The molecule has 0 saturated carbocycles. The Morgan fingerprint density at radius 3 is 2.71 bits per heavy atom. The molecule has 1 heterocycles. The van der Waals surface area contributed by atoms with E-state index in [-0.39, 0.29) is 18.3 Å². The largest absolute Gasteiger partial charge is 1.00 e. The number of ether oxygens (including phenoxy) is 1. The maximum atomic E-state index is 12.1. The van der Waals surface area contributed by atoms with Crippen LogP contribution in [0.2, 0.25) is 0 Å². The van der Waals surface area contributed by atoms with E-state index in [0.717, 1.165) is 31.9 Å². The standard InChI is InChI=1S/C12H16N2O2.ClH/c1-16-11-4-2-3-10(9-11)12(15)14-7-5-13-6-8-14;/h2-4,9,13H,5-8H2,1H3;1H/p-1. The number of rotatable bonds is 2. The summed E-state index contributed by atoms with van der Waals surface area (Å²) in [7, 11) is 1.61. The summed E-state index contributed by atoms with van der Waals surface area (Å²) >= 11 is 0. The summed E-state index contributed by atoms with van der Waals surface area (Å²) in [5, 5.41) is 3.23. The molecule has 1 aromatic rings. The molecule has 1 aliphatic rings. The molecular weight excluding hydrogens is 240 g/mol. The van der Waals surface area contributed by atoms with Crippen molar-refractivity contribution in [3.63, 3.8) is 0 Å². The molecule has 0 radical (unpaired) electrons. The van der Waals surface area contributed by atoms with E-state index in [4.69, 9.17) is 4.74 Å². The molecule has 1 aliphatic heterocycles. The Hall–Kier alpha value is -1.26. The van der Waals surface area contributed by atoms with Crippen molar-refractivity contribution in [2.24, 2.45) is 0 Å². The number of halogens is 1. The molecule has 1 amide bonds. The van der Waals surface area contributed by atoms with Gasteiger partial charge < -0.3 is 27.4 Å². The average molecular weight is 256 g/mol. The molecular formula is C12H16ClN2O2-. The Kier molecular flexibility index (Phi) is 5.25. The molecule has 2 rings (SSSR count). The third-order valence-corrected chi connectivity index (χ3v) is 2.72. The van der Waals surface area contributed by atoms with Gasteiger partial charge in [0, 0.05) is 31.7 Å². The molecule has 0 atom stereocenters. The van der Waals surface area contributed by atoms with Crippen molar-refractivity contribution in [2.45, 2.75) is 0 Å². The van der Waals surface area contributed by atoms with E-state index in [1.54, 1.807) is 13.2 Å². The Morgan fingerprint density at radius 2 is 2.06 bits per heavy atom. The van der Waals surface area contributed by atoms with Crippen LogP contribution >= 0.6 is 0 Å². The van der Waals surface area contributed by atoms with E-state index in [1.807, 2.05) is 23.1 Å². The summed E-state index contributed by atoms with van der Waals surface area (Å²) in [6, 6.07) is 7.29. The predicted octanol–water partition coefficient (Wildman–Crippen LogP) is -2.26. The summed E-state index contributed by atoms with van der Waals surface area (Å²) < 4.78 is 5.11. The smallest absolute Gasteiger partial charge is 0.254 e. The fourth-order valence-corrected chi connectivity index (χ4v) is 1.81. The lowest BCUT2D eigenvalue weighted by Crippen LogP contribution is -3.00. The zero-order valence-electron chi connectivity index (χ0n) is 9.78. The van der Waals surface area contributed by atoms with Crippen LogP contribution < -0.4 is 22.5 Å². The van der Waals surface area contributed by atoms with Gasteiger partial charge in [0.25, 0.3) is 5.91 Å². The number of nitrogens with one attached hydrogen (secondary N) is 1. The number of carbonyl (C=O) groups is 1. The molecule has 1 saturated heterocycles. The maximum Gasteiger partial charge on any atom is 0.254 e. The molecule has 0 aromatic heterocycles. The van der Waals surface area contributed by atoms with E-state index in [1.165, 1.54) is 0 Å². The molecule has 4 nitrogen and oxygen atoms in total. The Bertz CT molecular complexity index is 379. The molecule has 1 aromatic carbocycles. The number of benzene rings is 1. The van der Waals surface area contributed by atoms with Gasteiger partial charge in [0.15, 0.2) is 0 Å². The average Bonchev–Trinajstić information content (AvgIpc) is 2.39. The van der Waals surface area contributed by atoms with Gasteiger partial charge in [-0.2, -0.15) is 0 Å². The second kappa shape index (κ2) is 6.47. The van der Waals surface area contributed by atoms with Crippen molar-refractivity contribution in [1.82, 2.24) is 10.2 Å². The fourth-order valence-electron chi connectivity index (χ4n) is 1.81. The van der Waals surface area contributed by atoms with Gasteiger partial charge in [0.1, 0.15) is 5.75 Å². The molecule has 94 valence electrons. The summed E-state index contributed by atoms with van der Waals surface area (Å²) in [5.41, 5.74) is 0.696. The van der Waals surface area contributed by atoms with Gasteiger partial charge in [-0.1, -0.05) is 6.07 Å². The molecule has 1 fully saturated rings. The normalized spacial score (nSPS) is 15.0. The van der Waals surface area contributed by atoms with Crippen molar-refractivity contribution in [1.29, 1.82) is 0 Å². The van der Waals surface area contributed by atoms with Crippen molar-refractivity contribution >= 4 is 5.91 Å². The van der Waals surface area contributed by atoms with Crippen molar-refractivity contribution < 1.29 is 21.9 Å². The highest BCUT2D eigenvalue weighted by Crippen LogP contribution is 2.14. The maximum absolute atomic E-state index is 12.1. The first-order chi connectivity index (χ1) is 7.81. The summed E-state index contributed by atoms with van der Waals surface area (Å²) in [6.07, 6.45) is 0. The lowest BCUT2D eigenvalue weighted by molar-refractivity contribution is -0.0000133. The SMILES string of the molecule is COc1cccc(C(=O)N2CCNCC2)c1.[Cl-]. The van der Waals surface area contributed by atoms with Crippen molar-refractivity contribution in [3.8, 4) is 5.75 Å². The van der Waals surface area contributed by atoms with Gasteiger partial charge in [-0.3, -0.25) is 4.79 Å². The first-order valence-electron chi connectivity index (χ1n) is 5.45. The van der Waals surface area contributed by atoms with E-state index < -0.39 is 0 Å². The lowest BCUT2D eigenvalue weighted by atomic mass is 10.2. The minimum absolute atomic E-state index is 0. The van der Waals surface area contributed by atoms with Crippen LogP contribution in [0.25, 0.3) is 0 Å². The van der Waals surface area contributed by atoms with Crippen molar-refractivity contribution in [2.75, 3.05) is 33.3 Å². The Morgan fingerprint density at radius 1 is 1.35 bits per heavy atom. The topological polar surface area (TPSA) is 41.6 Å². The number of carbonyl (C=O) groups excluding carboxylic acids is 1. The summed E-state index contributed by atoms with van der Waals surface area (Å²) in [4.78, 5) is 14.0. The molecule has 17 heavy (non-hydrogen) atoms. The molecule has 0 unspecified atom stereocenters. The number of hydrogen-bond acceptors (Lipinski definition) is 3. The Labute approximate surface area is 107 Å². The Balaban J connectivity index is 0.00000144. The van der Waals surface area contributed by atoms with E-state index in [0.29, 0.717) is 5.56 Å². The highest BCUT2D eigenvalue weighted by Gasteiger charge is 2.17. The molecule has 5 heteroatoms. The third kappa shape index (κ3) is 3.35.